The van der Waals surface area contributed by atoms with Crippen LogP contribution in [0.4, 0.5) is 5.69 Å². The summed E-state index contributed by atoms with van der Waals surface area (Å²) in [6.07, 6.45) is 1.47. The van der Waals surface area contributed by atoms with Gasteiger partial charge in [0.25, 0.3) is 5.91 Å². The van der Waals surface area contributed by atoms with Crippen molar-refractivity contribution in [3.63, 3.8) is 0 Å². The highest BCUT2D eigenvalue weighted by molar-refractivity contribution is 14.1. The van der Waals surface area contributed by atoms with Crippen molar-refractivity contribution in [2.45, 2.75) is 17.8 Å². The number of nitrogens with zero attached hydrogens (tertiary/aromatic N) is 2. The Morgan fingerprint density at radius 3 is 2.65 bits per heavy atom. The first-order valence-electron chi connectivity index (χ1n) is 7.79. The zero-order chi connectivity index (χ0) is 18.5. The molecule has 0 unspecified atom stereocenters. The van der Waals surface area contributed by atoms with Gasteiger partial charge in [0.2, 0.25) is 0 Å². The number of anilines is 1. The highest BCUT2D eigenvalue weighted by atomic mass is 127. The van der Waals surface area contributed by atoms with Crippen LogP contribution in [0.25, 0.3) is 0 Å². The van der Waals surface area contributed by atoms with Crippen LogP contribution < -0.4 is 5.32 Å². The number of carbonyl (C=O) groups excluding carboxylic acids is 1. The Labute approximate surface area is 174 Å². The molecule has 1 amide bonds. The fourth-order valence-electron chi connectivity index (χ4n) is 2.22. The van der Waals surface area contributed by atoms with E-state index in [1.165, 1.54) is 29.1 Å². The average molecular weight is 496 g/mol. The quantitative estimate of drug-likeness (QED) is 0.285. The summed E-state index contributed by atoms with van der Waals surface area (Å²) in [5.74, 6) is 0.378. The summed E-state index contributed by atoms with van der Waals surface area (Å²) >= 11 is 9.81. The van der Waals surface area contributed by atoms with Crippen molar-refractivity contribution in [3.05, 3.63) is 80.1 Å². The molecular formula is C19H15ClIN3OS. The predicted octanol–water partition coefficient (Wildman–Crippen LogP) is 5.59. The SMILES string of the molecule is Cc1ccccc1CSc1ncc(Cl)c(C(=O)Nc2ccc(I)cc2)n1. The summed E-state index contributed by atoms with van der Waals surface area (Å²) in [4.78, 5) is 21.1. The zero-order valence-corrected chi connectivity index (χ0v) is 17.6. The van der Waals surface area contributed by atoms with E-state index < -0.39 is 0 Å². The summed E-state index contributed by atoms with van der Waals surface area (Å²) < 4.78 is 1.09. The van der Waals surface area contributed by atoms with Gasteiger partial charge in [-0.2, -0.15) is 0 Å². The molecule has 0 radical (unpaired) electrons. The Morgan fingerprint density at radius 1 is 1.19 bits per heavy atom. The van der Waals surface area contributed by atoms with Crippen LogP contribution in [0.2, 0.25) is 5.02 Å². The molecule has 26 heavy (non-hydrogen) atoms. The molecule has 4 nitrogen and oxygen atoms in total. The van der Waals surface area contributed by atoms with Crippen molar-refractivity contribution in [1.82, 2.24) is 9.97 Å². The highest BCUT2D eigenvalue weighted by Crippen LogP contribution is 2.24. The average Bonchev–Trinajstić information content (AvgIpc) is 2.64. The lowest BCUT2D eigenvalue weighted by Crippen LogP contribution is -2.15. The maximum Gasteiger partial charge on any atom is 0.275 e. The van der Waals surface area contributed by atoms with Gasteiger partial charge in [0.05, 0.1) is 11.2 Å². The van der Waals surface area contributed by atoms with Crippen LogP contribution in [0.1, 0.15) is 21.6 Å². The third-order valence-corrected chi connectivity index (χ3v) is 5.56. The number of benzene rings is 2. The van der Waals surface area contributed by atoms with Crippen LogP contribution in [0.3, 0.4) is 0 Å². The first kappa shape index (κ1) is 19.1. The maximum absolute atomic E-state index is 12.5. The molecule has 1 N–H and O–H groups in total. The number of aryl methyl sites for hydroxylation is 1. The number of halogens is 2. The molecule has 0 aliphatic rings. The van der Waals surface area contributed by atoms with Crippen LogP contribution in [-0.4, -0.2) is 15.9 Å². The van der Waals surface area contributed by atoms with Crippen molar-refractivity contribution in [2.24, 2.45) is 0 Å². The fourth-order valence-corrected chi connectivity index (χ4v) is 3.65. The minimum Gasteiger partial charge on any atom is -0.321 e. The second-order valence-electron chi connectivity index (χ2n) is 5.53. The highest BCUT2D eigenvalue weighted by Gasteiger charge is 2.15. The van der Waals surface area contributed by atoms with Gasteiger partial charge in [0.1, 0.15) is 0 Å². The first-order valence-corrected chi connectivity index (χ1v) is 10.2. The zero-order valence-electron chi connectivity index (χ0n) is 13.9. The first-order chi connectivity index (χ1) is 12.5. The topological polar surface area (TPSA) is 54.9 Å². The molecule has 0 aliphatic carbocycles. The molecule has 2 aromatic carbocycles. The molecule has 0 saturated heterocycles. The minimum atomic E-state index is -0.351. The Hall–Kier alpha value is -1.64. The van der Waals surface area contributed by atoms with Gasteiger partial charge in [0.15, 0.2) is 10.9 Å². The molecule has 7 heteroatoms. The van der Waals surface area contributed by atoms with E-state index in [1.807, 2.05) is 36.4 Å². The van der Waals surface area contributed by atoms with Crippen molar-refractivity contribution in [3.8, 4) is 0 Å². The number of amides is 1. The number of thioether (sulfide) groups is 1. The molecule has 0 bridgehead atoms. The lowest BCUT2D eigenvalue weighted by Gasteiger charge is -2.08. The van der Waals surface area contributed by atoms with Crippen LogP contribution >= 0.6 is 46.0 Å². The number of aromatic nitrogens is 2. The van der Waals surface area contributed by atoms with E-state index in [0.717, 1.165) is 9.32 Å². The van der Waals surface area contributed by atoms with Crippen molar-refractivity contribution >= 4 is 57.5 Å². The monoisotopic (exact) mass is 495 g/mol. The molecule has 3 rings (SSSR count). The number of hydrogen-bond acceptors (Lipinski definition) is 4. The van der Waals surface area contributed by atoms with Crippen molar-refractivity contribution in [1.29, 1.82) is 0 Å². The van der Waals surface area contributed by atoms with Crippen molar-refractivity contribution in [2.75, 3.05) is 5.32 Å². The molecule has 0 aliphatic heterocycles. The fraction of sp³-hybridized carbons (Fsp3) is 0.105. The van der Waals surface area contributed by atoms with E-state index in [9.17, 15) is 4.79 Å². The number of hydrogen-bond donors (Lipinski definition) is 1. The van der Waals surface area contributed by atoms with E-state index in [-0.39, 0.29) is 16.6 Å². The van der Waals surface area contributed by atoms with Gasteiger partial charge in [-0.15, -0.1) is 0 Å². The van der Waals surface area contributed by atoms with Gasteiger partial charge in [0, 0.05) is 15.0 Å². The van der Waals surface area contributed by atoms with Gasteiger partial charge in [-0.05, 0) is 64.9 Å². The largest absolute Gasteiger partial charge is 0.321 e. The van der Waals surface area contributed by atoms with Crippen LogP contribution in [0.15, 0.2) is 59.9 Å². The van der Waals surface area contributed by atoms with Gasteiger partial charge < -0.3 is 5.32 Å². The summed E-state index contributed by atoms with van der Waals surface area (Å²) in [6.45, 7) is 2.07. The number of rotatable bonds is 5. The second-order valence-corrected chi connectivity index (χ2v) is 8.12. The van der Waals surface area contributed by atoms with E-state index in [2.05, 4.69) is 56.9 Å². The Balaban J connectivity index is 1.73. The number of carbonyl (C=O) groups is 1. The van der Waals surface area contributed by atoms with E-state index >= 15 is 0 Å². The molecule has 0 fully saturated rings. The van der Waals surface area contributed by atoms with E-state index in [1.54, 1.807) is 0 Å². The Bertz CT molecular complexity index is 934. The third kappa shape index (κ3) is 4.96. The molecule has 1 heterocycles. The van der Waals surface area contributed by atoms with Gasteiger partial charge in [-0.1, -0.05) is 47.6 Å². The van der Waals surface area contributed by atoms with Crippen LogP contribution in [0, 0.1) is 10.5 Å². The molecule has 0 spiro atoms. The lowest BCUT2D eigenvalue weighted by molar-refractivity contribution is 0.102. The van der Waals surface area contributed by atoms with E-state index in [0.29, 0.717) is 10.8 Å². The van der Waals surface area contributed by atoms with Crippen LogP contribution in [0.5, 0.6) is 0 Å². The molecule has 0 saturated carbocycles. The minimum absolute atomic E-state index is 0.174. The summed E-state index contributed by atoms with van der Waals surface area (Å²) in [6, 6.07) is 15.7. The maximum atomic E-state index is 12.5. The normalized spacial score (nSPS) is 10.6. The van der Waals surface area contributed by atoms with E-state index in [4.69, 9.17) is 11.6 Å². The molecule has 3 aromatic rings. The molecule has 1 aromatic heterocycles. The number of nitrogens with one attached hydrogen (secondary N) is 1. The standard InChI is InChI=1S/C19H15ClIN3OS/c1-12-4-2-3-5-13(12)11-26-19-22-10-16(20)17(24-19)18(25)23-15-8-6-14(21)7-9-15/h2-10H,11H2,1H3,(H,23,25). The smallest absolute Gasteiger partial charge is 0.275 e. The lowest BCUT2D eigenvalue weighted by atomic mass is 10.1. The predicted molar refractivity (Wildman–Crippen MR) is 115 cm³/mol. The van der Waals surface area contributed by atoms with Crippen LogP contribution in [-0.2, 0) is 5.75 Å². The second kappa shape index (κ2) is 8.83. The Kier molecular flexibility index (Phi) is 6.50. The van der Waals surface area contributed by atoms with Gasteiger partial charge in [-0.25, -0.2) is 9.97 Å². The summed E-state index contributed by atoms with van der Waals surface area (Å²) in [7, 11) is 0. The molecular weight excluding hydrogens is 481 g/mol. The summed E-state index contributed by atoms with van der Waals surface area (Å²) in [5.41, 5.74) is 3.29. The summed E-state index contributed by atoms with van der Waals surface area (Å²) in [5, 5.41) is 3.56. The molecule has 0 atom stereocenters. The Morgan fingerprint density at radius 2 is 1.92 bits per heavy atom. The third-order valence-electron chi connectivity index (χ3n) is 3.66. The van der Waals surface area contributed by atoms with Gasteiger partial charge >= 0.3 is 0 Å². The molecule has 132 valence electrons. The van der Waals surface area contributed by atoms with Crippen molar-refractivity contribution < 1.29 is 4.79 Å². The van der Waals surface area contributed by atoms with Gasteiger partial charge in [-0.3, -0.25) is 4.79 Å².